The van der Waals surface area contributed by atoms with Gasteiger partial charge in [0.25, 0.3) is 5.97 Å². The number of aliphatic carboxylic acids is 1. The van der Waals surface area contributed by atoms with Gasteiger partial charge >= 0.3 is 0 Å². The maximum absolute atomic E-state index is 11.3. The Kier molecular flexibility index (Phi) is 11.4. The summed E-state index contributed by atoms with van der Waals surface area (Å²) in [5.74, 6) is 0.515. The molecule has 7 nitrogen and oxygen atoms in total. The van der Waals surface area contributed by atoms with Crippen molar-refractivity contribution in [3.05, 3.63) is 65.2 Å². The number of hydrogen-bond donors (Lipinski definition) is 2. The van der Waals surface area contributed by atoms with E-state index in [9.17, 15) is 4.79 Å². The predicted octanol–water partition coefficient (Wildman–Crippen LogP) is 4.13. The molecule has 0 aliphatic heterocycles. The first kappa shape index (κ1) is 25.7. The number of carboxylic acid groups (broad SMARTS) is 1. The van der Waals surface area contributed by atoms with Crippen LogP contribution in [0.15, 0.2) is 53.6 Å². The molecule has 31 heavy (non-hydrogen) atoms. The van der Waals surface area contributed by atoms with Crippen LogP contribution in [0.5, 0.6) is 5.75 Å². The normalized spacial score (nSPS) is 10.8. The highest BCUT2D eigenvalue weighted by Crippen LogP contribution is 2.15. The second-order valence-electron chi connectivity index (χ2n) is 7.46. The minimum atomic E-state index is -0.833. The quantitative estimate of drug-likeness (QED) is 0.257. The number of rotatable bonds is 10. The molecule has 2 rings (SSSR count). The molecule has 2 aromatic rings. The first-order chi connectivity index (χ1) is 14.7. The Labute approximate surface area is 184 Å². The molecule has 0 saturated carbocycles. The number of carbonyl (C=O) groups is 2. The number of benzene rings is 2. The fraction of sp³-hybridized carbons (Fsp3) is 0.375. The molecule has 168 valence electrons. The molecule has 0 bridgehead atoms. The maximum atomic E-state index is 11.3. The lowest BCUT2D eigenvalue weighted by Gasteiger charge is -2.13. The topological polar surface area (TPSA) is 105 Å². The summed E-state index contributed by atoms with van der Waals surface area (Å²) in [5.41, 5.74) is 9.43. The van der Waals surface area contributed by atoms with E-state index in [2.05, 4.69) is 17.2 Å². The van der Waals surface area contributed by atoms with Crippen molar-refractivity contribution in [2.75, 3.05) is 0 Å². The first-order valence-corrected chi connectivity index (χ1v) is 10.2. The summed E-state index contributed by atoms with van der Waals surface area (Å²) in [4.78, 5) is 20.3. The van der Waals surface area contributed by atoms with Crippen molar-refractivity contribution in [1.82, 2.24) is 5.01 Å². The number of ether oxygens (including phenoxy) is 1. The molecule has 0 saturated heterocycles. The van der Waals surface area contributed by atoms with Gasteiger partial charge in [-0.05, 0) is 56.9 Å². The van der Waals surface area contributed by atoms with E-state index in [1.807, 2.05) is 57.2 Å². The van der Waals surface area contributed by atoms with Crippen molar-refractivity contribution in [3.63, 3.8) is 0 Å². The number of amidine groups is 1. The molecule has 3 N–H and O–H groups in total. The average Bonchev–Trinajstić information content (AvgIpc) is 2.69. The molecule has 0 radical (unpaired) electrons. The minimum absolute atomic E-state index is 0.174. The number of carbonyl (C=O) groups excluding carboxylic acids is 1. The number of aryl methyl sites for hydroxylation is 2. The molecule has 2 aromatic carbocycles. The van der Waals surface area contributed by atoms with Crippen LogP contribution in [0, 0.1) is 6.92 Å². The van der Waals surface area contributed by atoms with Gasteiger partial charge in [0.05, 0.1) is 12.6 Å². The fourth-order valence-corrected chi connectivity index (χ4v) is 2.67. The molecule has 0 fully saturated rings. The van der Waals surface area contributed by atoms with Gasteiger partial charge in [0, 0.05) is 13.3 Å². The van der Waals surface area contributed by atoms with Crippen LogP contribution in [0.25, 0.3) is 0 Å². The Hall–Kier alpha value is -3.35. The van der Waals surface area contributed by atoms with Gasteiger partial charge in [0.1, 0.15) is 11.6 Å². The van der Waals surface area contributed by atoms with E-state index in [1.165, 1.54) is 16.1 Å². The lowest BCUT2D eigenvalue weighted by Crippen LogP contribution is -2.22. The van der Waals surface area contributed by atoms with Gasteiger partial charge in [-0.15, -0.1) is 0 Å². The number of nitrogens with two attached hydrogens (primary N) is 1. The van der Waals surface area contributed by atoms with Crippen LogP contribution in [0.2, 0.25) is 0 Å². The monoisotopic (exact) mass is 427 g/mol. The van der Waals surface area contributed by atoms with Crippen molar-refractivity contribution < 1.29 is 19.4 Å². The van der Waals surface area contributed by atoms with Crippen molar-refractivity contribution in [1.29, 1.82) is 0 Å². The number of nitrogens with zero attached hydrogens (tertiary/aromatic N) is 2. The number of carboxylic acids is 1. The van der Waals surface area contributed by atoms with Crippen molar-refractivity contribution in [2.45, 2.75) is 59.6 Å². The Morgan fingerprint density at radius 2 is 1.68 bits per heavy atom. The van der Waals surface area contributed by atoms with E-state index < -0.39 is 5.97 Å². The standard InChI is InChI=1S/C22H29N3O2.C2H4O2/c1-17(2)27-21-13-11-19(12-14-21)5-4-6-22(23)24-25(16-26)15-20-9-7-18(3)8-10-20;1-2(3)4/h7-14,16-17H,4-6,15H2,1-3H3,(H2,23,24);1H3,(H,3,4). The van der Waals surface area contributed by atoms with Gasteiger partial charge in [0.15, 0.2) is 0 Å². The molecule has 0 spiro atoms. The van der Waals surface area contributed by atoms with Crippen LogP contribution in [-0.4, -0.2) is 34.4 Å². The second-order valence-corrected chi connectivity index (χ2v) is 7.46. The maximum Gasteiger partial charge on any atom is 0.300 e. The Morgan fingerprint density at radius 3 is 2.19 bits per heavy atom. The van der Waals surface area contributed by atoms with E-state index >= 15 is 0 Å². The van der Waals surface area contributed by atoms with Crippen molar-refractivity contribution in [2.24, 2.45) is 10.8 Å². The molecule has 0 aliphatic carbocycles. The lowest BCUT2D eigenvalue weighted by molar-refractivity contribution is -0.134. The molecule has 0 aromatic heterocycles. The van der Waals surface area contributed by atoms with Gasteiger partial charge in [0.2, 0.25) is 6.41 Å². The predicted molar refractivity (Wildman–Crippen MR) is 123 cm³/mol. The Bertz CT molecular complexity index is 827. The van der Waals surface area contributed by atoms with Gasteiger partial charge in [-0.1, -0.05) is 42.0 Å². The number of amides is 1. The van der Waals surface area contributed by atoms with Gasteiger partial charge in [-0.25, -0.2) is 5.01 Å². The zero-order valence-electron chi connectivity index (χ0n) is 18.7. The molecular formula is C24H33N3O4. The fourth-order valence-electron chi connectivity index (χ4n) is 2.67. The highest BCUT2D eigenvalue weighted by atomic mass is 16.5. The van der Waals surface area contributed by atoms with Crippen LogP contribution in [0.1, 0.15) is 50.3 Å². The SMILES string of the molecule is CC(=O)O.Cc1ccc(CN(C=O)/N=C(\N)CCCc2ccc(OC(C)C)cc2)cc1. The molecule has 0 aliphatic rings. The summed E-state index contributed by atoms with van der Waals surface area (Å²) >= 11 is 0. The van der Waals surface area contributed by atoms with Gasteiger partial charge < -0.3 is 15.6 Å². The summed E-state index contributed by atoms with van der Waals surface area (Å²) in [6, 6.07) is 16.1. The van der Waals surface area contributed by atoms with E-state index in [4.69, 9.17) is 20.4 Å². The van der Waals surface area contributed by atoms with Crippen LogP contribution < -0.4 is 10.5 Å². The smallest absolute Gasteiger partial charge is 0.300 e. The molecule has 7 heteroatoms. The molecule has 0 unspecified atom stereocenters. The molecular weight excluding hydrogens is 394 g/mol. The number of hydrazone groups is 1. The summed E-state index contributed by atoms with van der Waals surface area (Å²) in [6.07, 6.45) is 3.30. The molecule has 0 heterocycles. The Balaban J connectivity index is 0.00000110. The van der Waals surface area contributed by atoms with Crippen LogP contribution in [0.4, 0.5) is 0 Å². The average molecular weight is 428 g/mol. The zero-order chi connectivity index (χ0) is 23.2. The summed E-state index contributed by atoms with van der Waals surface area (Å²) in [7, 11) is 0. The summed E-state index contributed by atoms with van der Waals surface area (Å²) < 4.78 is 5.65. The highest BCUT2D eigenvalue weighted by molar-refractivity contribution is 5.80. The Morgan fingerprint density at radius 1 is 1.13 bits per heavy atom. The molecule has 0 atom stereocenters. The largest absolute Gasteiger partial charge is 0.491 e. The van der Waals surface area contributed by atoms with Crippen LogP contribution in [-0.2, 0) is 22.6 Å². The third-order valence-electron chi connectivity index (χ3n) is 4.04. The minimum Gasteiger partial charge on any atom is -0.491 e. The third-order valence-corrected chi connectivity index (χ3v) is 4.04. The van der Waals surface area contributed by atoms with Crippen molar-refractivity contribution in [3.8, 4) is 5.75 Å². The van der Waals surface area contributed by atoms with Crippen LogP contribution in [0.3, 0.4) is 0 Å². The van der Waals surface area contributed by atoms with Gasteiger partial charge in [-0.3, -0.25) is 9.59 Å². The summed E-state index contributed by atoms with van der Waals surface area (Å²) in [5, 5.41) is 13.0. The van der Waals surface area contributed by atoms with E-state index in [0.29, 0.717) is 25.2 Å². The zero-order valence-corrected chi connectivity index (χ0v) is 18.7. The first-order valence-electron chi connectivity index (χ1n) is 10.2. The van der Waals surface area contributed by atoms with E-state index in [1.54, 1.807) is 0 Å². The molecule has 1 amide bonds. The van der Waals surface area contributed by atoms with Crippen molar-refractivity contribution >= 4 is 18.2 Å². The third kappa shape index (κ3) is 12.1. The van der Waals surface area contributed by atoms with E-state index in [0.717, 1.165) is 31.1 Å². The lowest BCUT2D eigenvalue weighted by atomic mass is 10.1. The van der Waals surface area contributed by atoms with Crippen LogP contribution >= 0.6 is 0 Å². The second kappa shape index (κ2) is 13.8. The van der Waals surface area contributed by atoms with E-state index in [-0.39, 0.29) is 6.10 Å². The number of hydrogen-bond acceptors (Lipinski definition) is 4. The highest BCUT2D eigenvalue weighted by Gasteiger charge is 2.04. The summed E-state index contributed by atoms with van der Waals surface area (Å²) in [6.45, 7) is 7.55. The van der Waals surface area contributed by atoms with Gasteiger partial charge in [-0.2, -0.15) is 5.10 Å².